The third-order valence-electron chi connectivity index (χ3n) is 2.36. The average molecular weight is 453 g/mol. The number of benzene rings is 2. The van der Waals surface area contributed by atoms with Crippen LogP contribution in [-0.2, 0) is 0 Å². The number of nitro benzene ring substituents is 2. The highest BCUT2D eigenvalue weighted by Crippen LogP contribution is 2.34. The minimum Gasteiger partial charge on any atom is -0.258 e. The van der Waals surface area contributed by atoms with Crippen LogP contribution in [0.15, 0.2) is 24.3 Å². The molecule has 0 unspecified atom stereocenters. The summed E-state index contributed by atoms with van der Waals surface area (Å²) in [5.74, 6) is 0. The van der Waals surface area contributed by atoms with Gasteiger partial charge < -0.3 is 0 Å². The molecule has 0 amide bonds. The molecule has 0 N–H and O–H groups in total. The molecule has 0 aromatic heterocycles. The SMILES string of the molecule is O=[N+]([O-])c1cc(Cl)c(Cl)c(Cl)c1.O=[N+]([O-])c1cc(Cl)c(Cl)c(Cl)c1. The summed E-state index contributed by atoms with van der Waals surface area (Å²) in [6.45, 7) is 0. The van der Waals surface area contributed by atoms with Gasteiger partial charge in [-0.3, -0.25) is 20.2 Å². The second-order valence-corrected chi connectivity index (χ2v) is 6.35. The van der Waals surface area contributed by atoms with Crippen molar-refractivity contribution in [2.24, 2.45) is 0 Å². The first-order valence-electron chi connectivity index (χ1n) is 5.62. The largest absolute Gasteiger partial charge is 0.272 e. The first-order chi connectivity index (χ1) is 11.0. The van der Waals surface area contributed by atoms with Gasteiger partial charge in [-0.05, 0) is 0 Å². The van der Waals surface area contributed by atoms with Crippen LogP contribution in [-0.4, -0.2) is 9.85 Å². The number of hydrogen-bond donors (Lipinski definition) is 0. The Kier molecular flexibility index (Phi) is 7.79. The first-order valence-corrected chi connectivity index (χ1v) is 7.89. The number of rotatable bonds is 2. The number of nitro groups is 2. The van der Waals surface area contributed by atoms with E-state index in [2.05, 4.69) is 0 Å². The van der Waals surface area contributed by atoms with E-state index in [9.17, 15) is 20.2 Å². The molecule has 0 atom stereocenters. The van der Waals surface area contributed by atoms with E-state index in [4.69, 9.17) is 69.6 Å². The maximum Gasteiger partial charge on any atom is 0.272 e. The molecule has 0 spiro atoms. The molecule has 0 saturated heterocycles. The molecule has 0 saturated carbocycles. The zero-order chi connectivity index (χ0) is 18.6. The zero-order valence-corrected chi connectivity index (χ0v) is 15.6. The quantitative estimate of drug-likeness (QED) is 0.276. The van der Waals surface area contributed by atoms with Crippen molar-refractivity contribution in [3.05, 3.63) is 74.6 Å². The molecule has 0 radical (unpaired) electrons. The average Bonchev–Trinajstić information content (AvgIpc) is 2.49. The molecule has 0 aliphatic heterocycles. The third-order valence-corrected chi connectivity index (χ3v) is 4.75. The van der Waals surface area contributed by atoms with E-state index in [0.29, 0.717) is 0 Å². The van der Waals surface area contributed by atoms with Gasteiger partial charge in [-0.15, -0.1) is 0 Å². The third kappa shape index (κ3) is 5.51. The van der Waals surface area contributed by atoms with E-state index in [0.717, 1.165) is 24.3 Å². The van der Waals surface area contributed by atoms with E-state index < -0.39 is 9.85 Å². The van der Waals surface area contributed by atoms with E-state index in [1.165, 1.54) is 0 Å². The zero-order valence-electron chi connectivity index (χ0n) is 11.1. The Bertz CT molecular complexity index is 701. The minimum absolute atomic E-state index is 0.0795. The van der Waals surface area contributed by atoms with E-state index in [1.54, 1.807) is 0 Å². The summed E-state index contributed by atoms with van der Waals surface area (Å²) in [6.07, 6.45) is 0. The van der Waals surface area contributed by atoms with Crippen LogP contribution in [0.4, 0.5) is 11.4 Å². The van der Waals surface area contributed by atoms with Crippen molar-refractivity contribution in [1.29, 1.82) is 0 Å². The molecular formula is C12H4Cl6N2O4. The molecule has 24 heavy (non-hydrogen) atoms. The number of halogens is 6. The Morgan fingerprint density at radius 1 is 0.583 bits per heavy atom. The smallest absolute Gasteiger partial charge is 0.258 e. The van der Waals surface area contributed by atoms with Gasteiger partial charge in [0.1, 0.15) is 0 Å². The summed E-state index contributed by atoms with van der Waals surface area (Å²) in [4.78, 5) is 19.3. The number of non-ortho nitro benzene ring substituents is 2. The van der Waals surface area contributed by atoms with Crippen molar-refractivity contribution in [2.75, 3.05) is 0 Å². The van der Waals surface area contributed by atoms with Gasteiger partial charge >= 0.3 is 0 Å². The number of nitrogens with zero attached hydrogens (tertiary/aromatic N) is 2. The highest BCUT2D eigenvalue weighted by Gasteiger charge is 2.13. The fraction of sp³-hybridized carbons (Fsp3) is 0. The summed E-state index contributed by atoms with van der Waals surface area (Å²) in [7, 11) is 0. The molecule has 128 valence electrons. The van der Waals surface area contributed by atoms with Gasteiger partial charge in [0.05, 0.1) is 40.0 Å². The van der Waals surface area contributed by atoms with Crippen LogP contribution in [0.1, 0.15) is 0 Å². The summed E-state index contributed by atoms with van der Waals surface area (Å²) in [6, 6.07) is 4.59. The van der Waals surface area contributed by atoms with Crippen molar-refractivity contribution < 1.29 is 9.85 Å². The summed E-state index contributed by atoms with van der Waals surface area (Å²) >= 11 is 33.3. The molecule has 2 aromatic carbocycles. The monoisotopic (exact) mass is 450 g/mol. The highest BCUT2D eigenvalue weighted by molar-refractivity contribution is 6.48. The molecular weight excluding hydrogens is 449 g/mol. The predicted octanol–water partition coefficient (Wildman–Crippen LogP) is 7.11. The molecule has 0 heterocycles. The normalized spacial score (nSPS) is 9.92. The molecule has 2 rings (SSSR count). The fourth-order valence-corrected chi connectivity index (χ4v) is 2.46. The molecule has 2 aromatic rings. The summed E-state index contributed by atoms with van der Waals surface area (Å²) in [5.41, 5.74) is -0.344. The first kappa shape index (κ1) is 21.0. The molecule has 0 aliphatic carbocycles. The standard InChI is InChI=1S/2C6H2Cl3NO2/c2*7-4-1-3(10(11)12)2-5(8)6(4)9/h2*1-2H. The summed E-state index contributed by atoms with van der Waals surface area (Å²) < 4.78 is 0. The van der Waals surface area contributed by atoms with E-state index in [-0.39, 0.29) is 41.5 Å². The second-order valence-electron chi connectivity index (χ2n) is 3.96. The Morgan fingerprint density at radius 3 is 0.958 bits per heavy atom. The van der Waals surface area contributed by atoms with Crippen molar-refractivity contribution in [3.8, 4) is 0 Å². The fourth-order valence-electron chi connectivity index (χ4n) is 1.30. The van der Waals surface area contributed by atoms with Gasteiger partial charge in [0.15, 0.2) is 0 Å². The van der Waals surface area contributed by atoms with Crippen LogP contribution in [0.2, 0.25) is 30.1 Å². The Morgan fingerprint density at radius 2 is 0.792 bits per heavy atom. The lowest BCUT2D eigenvalue weighted by atomic mass is 10.3. The van der Waals surface area contributed by atoms with Gasteiger partial charge in [-0.1, -0.05) is 69.6 Å². The molecule has 0 aliphatic rings. The maximum absolute atomic E-state index is 10.3. The van der Waals surface area contributed by atoms with Crippen LogP contribution in [0.25, 0.3) is 0 Å². The number of hydrogen-bond acceptors (Lipinski definition) is 4. The van der Waals surface area contributed by atoms with Gasteiger partial charge in [0.2, 0.25) is 0 Å². The van der Waals surface area contributed by atoms with Crippen molar-refractivity contribution >= 4 is 81.0 Å². The van der Waals surface area contributed by atoms with Crippen molar-refractivity contribution in [2.45, 2.75) is 0 Å². The van der Waals surface area contributed by atoms with Crippen LogP contribution < -0.4 is 0 Å². The lowest BCUT2D eigenvalue weighted by Crippen LogP contribution is -1.87. The Hall–Kier alpha value is -1.02. The Balaban J connectivity index is 0.000000240. The van der Waals surface area contributed by atoms with Crippen LogP contribution in [0, 0.1) is 20.2 Å². The topological polar surface area (TPSA) is 86.3 Å². The Labute approximate surface area is 165 Å². The van der Waals surface area contributed by atoms with Crippen LogP contribution >= 0.6 is 69.6 Å². The van der Waals surface area contributed by atoms with Gasteiger partial charge in [-0.2, -0.15) is 0 Å². The minimum atomic E-state index is -0.589. The van der Waals surface area contributed by atoms with Gasteiger partial charge in [0.25, 0.3) is 11.4 Å². The van der Waals surface area contributed by atoms with E-state index >= 15 is 0 Å². The molecule has 12 heteroatoms. The molecule has 6 nitrogen and oxygen atoms in total. The highest BCUT2D eigenvalue weighted by atomic mass is 35.5. The van der Waals surface area contributed by atoms with Crippen LogP contribution in [0.5, 0.6) is 0 Å². The van der Waals surface area contributed by atoms with Crippen molar-refractivity contribution in [3.63, 3.8) is 0 Å². The maximum atomic E-state index is 10.3. The van der Waals surface area contributed by atoms with Gasteiger partial charge in [-0.25, -0.2) is 0 Å². The van der Waals surface area contributed by atoms with Crippen molar-refractivity contribution in [1.82, 2.24) is 0 Å². The lowest BCUT2D eigenvalue weighted by molar-refractivity contribution is -0.385. The molecule has 0 bridgehead atoms. The lowest BCUT2D eigenvalue weighted by Gasteiger charge is -1.97. The second kappa shape index (κ2) is 8.89. The van der Waals surface area contributed by atoms with Crippen LogP contribution in [0.3, 0.4) is 0 Å². The molecule has 0 fully saturated rings. The predicted molar refractivity (Wildman–Crippen MR) is 96.3 cm³/mol. The summed E-state index contributed by atoms with van der Waals surface area (Å²) in [5, 5.41) is 21.1. The van der Waals surface area contributed by atoms with Gasteiger partial charge in [0, 0.05) is 24.3 Å². The van der Waals surface area contributed by atoms with E-state index in [1.807, 2.05) is 0 Å².